The minimum absolute atomic E-state index is 0.105. The number of rotatable bonds is 6. The maximum absolute atomic E-state index is 14.3. The summed E-state index contributed by atoms with van der Waals surface area (Å²) in [7, 11) is 1.63. The molecule has 0 N–H and O–H groups in total. The third-order valence-electron chi connectivity index (χ3n) is 4.93. The number of pyridine rings is 1. The lowest BCUT2D eigenvalue weighted by Crippen LogP contribution is -2.14. The van der Waals surface area contributed by atoms with E-state index >= 15 is 0 Å². The summed E-state index contributed by atoms with van der Waals surface area (Å²) in [6.07, 6.45) is 1.43. The van der Waals surface area contributed by atoms with E-state index < -0.39 is 11.2 Å². The molecule has 0 unspecified atom stereocenters. The van der Waals surface area contributed by atoms with Crippen molar-refractivity contribution in [2.24, 2.45) is 0 Å². The van der Waals surface area contributed by atoms with Gasteiger partial charge in [-0.1, -0.05) is 42.5 Å². The Morgan fingerprint density at radius 3 is 2.27 bits per heavy atom. The fourth-order valence-electron chi connectivity index (χ4n) is 3.42. The molecule has 1 aromatic heterocycles. The van der Waals surface area contributed by atoms with Gasteiger partial charge in [-0.25, -0.2) is 4.39 Å². The highest BCUT2D eigenvalue weighted by atomic mass is 19.1. The molecule has 3 aromatic carbocycles. The molecule has 0 radical (unpaired) electrons. The normalized spacial score (nSPS) is 10.7. The molecule has 0 fully saturated rings. The van der Waals surface area contributed by atoms with Gasteiger partial charge < -0.3 is 14.0 Å². The predicted molar refractivity (Wildman–Crippen MR) is 112 cm³/mol. The number of hydrogen-bond acceptors (Lipinski definition) is 4. The van der Waals surface area contributed by atoms with Gasteiger partial charge in [0, 0.05) is 6.54 Å². The molecule has 0 aliphatic heterocycles. The Morgan fingerprint density at radius 1 is 0.967 bits per heavy atom. The fourth-order valence-corrected chi connectivity index (χ4v) is 3.42. The first-order chi connectivity index (χ1) is 14.6. The van der Waals surface area contributed by atoms with Gasteiger partial charge in [0.1, 0.15) is 11.6 Å². The molecule has 0 atom stereocenters. The summed E-state index contributed by atoms with van der Waals surface area (Å²) in [4.78, 5) is 23.2. The van der Waals surface area contributed by atoms with E-state index in [1.165, 1.54) is 12.3 Å². The molecular weight excluding hydrogens is 385 g/mol. The second-order valence-corrected chi connectivity index (χ2v) is 6.72. The van der Waals surface area contributed by atoms with Crippen LogP contribution < -0.4 is 14.9 Å². The summed E-state index contributed by atoms with van der Waals surface area (Å²) in [5, 5.41) is -0.105. The molecule has 5 nitrogen and oxygen atoms in total. The van der Waals surface area contributed by atoms with Gasteiger partial charge in [-0.2, -0.15) is 0 Å². The standard InChI is InChI=1S/C24H18FNO4/c1-29-19-11-9-18(10-12-19)17-7-5-16(6-8-17)13-26-14-22(30-15-27)24(28)23-20(25)3-2-4-21(23)26/h2-12,14-15H,13H2,1H3. The molecular formula is C24H18FNO4. The Kier molecular flexibility index (Phi) is 5.30. The Labute approximate surface area is 171 Å². The van der Waals surface area contributed by atoms with E-state index in [2.05, 4.69) is 0 Å². The number of carbonyl (C=O) groups is 1. The lowest BCUT2D eigenvalue weighted by atomic mass is 10.0. The van der Waals surface area contributed by atoms with Crippen LogP contribution in [0.1, 0.15) is 5.56 Å². The molecule has 6 heteroatoms. The molecule has 0 saturated heterocycles. The minimum Gasteiger partial charge on any atom is -0.497 e. The third kappa shape index (κ3) is 3.67. The second kappa shape index (κ2) is 8.21. The molecule has 4 rings (SSSR count). The molecule has 0 saturated carbocycles. The maximum Gasteiger partial charge on any atom is 0.298 e. The van der Waals surface area contributed by atoms with Crippen molar-refractivity contribution in [2.75, 3.05) is 7.11 Å². The highest BCUT2D eigenvalue weighted by Gasteiger charge is 2.14. The average molecular weight is 403 g/mol. The van der Waals surface area contributed by atoms with Crippen molar-refractivity contribution in [1.82, 2.24) is 4.57 Å². The van der Waals surface area contributed by atoms with Crippen molar-refractivity contribution in [1.29, 1.82) is 0 Å². The van der Waals surface area contributed by atoms with Crippen LogP contribution in [0.2, 0.25) is 0 Å². The highest BCUT2D eigenvalue weighted by Crippen LogP contribution is 2.24. The summed E-state index contributed by atoms with van der Waals surface area (Å²) in [6.45, 7) is 0.537. The van der Waals surface area contributed by atoms with Gasteiger partial charge >= 0.3 is 0 Å². The molecule has 0 bridgehead atoms. The van der Waals surface area contributed by atoms with Gasteiger partial charge in [0.25, 0.3) is 6.47 Å². The predicted octanol–water partition coefficient (Wildman–Crippen LogP) is 4.40. The van der Waals surface area contributed by atoms with Crippen molar-refractivity contribution < 1.29 is 18.7 Å². The van der Waals surface area contributed by atoms with Crippen LogP contribution in [-0.4, -0.2) is 18.1 Å². The zero-order valence-corrected chi connectivity index (χ0v) is 16.2. The zero-order valence-electron chi connectivity index (χ0n) is 16.2. The first-order valence-corrected chi connectivity index (χ1v) is 9.26. The van der Waals surface area contributed by atoms with Gasteiger partial charge in [0.15, 0.2) is 5.75 Å². The summed E-state index contributed by atoms with van der Waals surface area (Å²) >= 11 is 0. The number of halogens is 1. The lowest BCUT2D eigenvalue weighted by molar-refractivity contribution is -0.120. The van der Waals surface area contributed by atoms with E-state index in [1.54, 1.807) is 23.8 Å². The molecule has 150 valence electrons. The molecule has 0 spiro atoms. The van der Waals surface area contributed by atoms with E-state index in [4.69, 9.17) is 9.47 Å². The fraction of sp³-hybridized carbons (Fsp3) is 0.0833. The first-order valence-electron chi connectivity index (χ1n) is 9.26. The number of ether oxygens (including phenoxy) is 2. The number of fused-ring (bicyclic) bond motifs is 1. The zero-order chi connectivity index (χ0) is 21.1. The second-order valence-electron chi connectivity index (χ2n) is 6.72. The SMILES string of the molecule is COc1ccc(-c2ccc(Cn3cc(OC=O)c(=O)c4c(F)cccc43)cc2)cc1. The molecule has 0 aliphatic rings. The van der Waals surface area contributed by atoms with E-state index in [0.717, 1.165) is 22.4 Å². The number of carbonyl (C=O) groups excluding carboxylic acids is 1. The Hall–Kier alpha value is -3.93. The Bertz CT molecular complexity index is 1260. The molecule has 1 heterocycles. The summed E-state index contributed by atoms with van der Waals surface area (Å²) in [5.41, 5.74) is 2.82. The third-order valence-corrected chi connectivity index (χ3v) is 4.93. The number of methoxy groups -OCH3 is 1. The van der Waals surface area contributed by atoms with Gasteiger partial charge in [-0.3, -0.25) is 9.59 Å². The van der Waals surface area contributed by atoms with E-state index in [-0.39, 0.29) is 17.6 Å². The van der Waals surface area contributed by atoms with Gasteiger partial charge in [0.05, 0.1) is 24.2 Å². The van der Waals surface area contributed by atoms with E-state index in [1.807, 2.05) is 48.5 Å². The number of nitrogens with zero attached hydrogens (tertiary/aromatic N) is 1. The molecule has 4 aromatic rings. The monoisotopic (exact) mass is 403 g/mol. The first kappa shape index (κ1) is 19.4. The molecule has 0 amide bonds. The number of aromatic nitrogens is 1. The van der Waals surface area contributed by atoms with Crippen molar-refractivity contribution in [3.63, 3.8) is 0 Å². The van der Waals surface area contributed by atoms with Gasteiger partial charge in [0.2, 0.25) is 5.43 Å². The van der Waals surface area contributed by atoms with Crippen molar-refractivity contribution >= 4 is 17.4 Å². The summed E-state index contributed by atoms with van der Waals surface area (Å²) in [6, 6.07) is 20.1. The topological polar surface area (TPSA) is 57.5 Å². The minimum atomic E-state index is -0.655. The summed E-state index contributed by atoms with van der Waals surface area (Å²) < 4.78 is 26.0. The quantitative estimate of drug-likeness (QED) is 0.448. The van der Waals surface area contributed by atoms with Gasteiger partial charge in [-0.15, -0.1) is 0 Å². The van der Waals surface area contributed by atoms with Crippen LogP contribution in [0.15, 0.2) is 77.7 Å². The van der Waals surface area contributed by atoms with Crippen molar-refractivity contribution in [3.05, 3.63) is 94.5 Å². The Morgan fingerprint density at radius 2 is 1.63 bits per heavy atom. The number of hydrogen-bond donors (Lipinski definition) is 0. The lowest BCUT2D eigenvalue weighted by Gasteiger charge is -2.13. The van der Waals surface area contributed by atoms with Crippen LogP contribution >= 0.6 is 0 Å². The summed E-state index contributed by atoms with van der Waals surface area (Å²) in [5.74, 6) is -0.0732. The smallest absolute Gasteiger partial charge is 0.298 e. The van der Waals surface area contributed by atoms with Crippen molar-refractivity contribution in [2.45, 2.75) is 6.54 Å². The van der Waals surface area contributed by atoms with Crippen LogP contribution in [0, 0.1) is 5.82 Å². The van der Waals surface area contributed by atoms with Crippen molar-refractivity contribution in [3.8, 4) is 22.6 Å². The highest BCUT2D eigenvalue weighted by molar-refractivity contribution is 5.81. The molecule has 0 aliphatic carbocycles. The van der Waals surface area contributed by atoms with E-state index in [9.17, 15) is 14.0 Å². The number of benzene rings is 3. The van der Waals surface area contributed by atoms with Gasteiger partial charge in [-0.05, 0) is 41.0 Å². The van der Waals surface area contributed by atoms with E-state index in [0.29, 0.717) is 12.1 Å². The maximum atomic E-state index is 14.3. The van der Waals surface area contributed by atoms with Crippen LogP contribution in [-0.2, 0) is 11.3 Å². The largest absolute Gasteiger partial charge is 0.497 e. The van der Waals surface area contributed by atoms with Crippen LogP contribution in [0.4, 0.5) is 4.39 Å². The Balaban J connectivity index is 1.70. The average Bonchev–Trinajstić information content (AvgIpc) is 2.77. The van der Waals surface area contributed by atoms with Crippen LogP contribution in [0.25, 0.3) is 22.0 Å². The molecule has 30 heavy (non-hydrogen) atoms. The van der Waals surface area contributed by atoms with Crippen LogP contribution in [0.3, 0.4) is 0 Å². The van der Waals surface area contributed by atoms with Crippen LogP contribution in [0.5, 0.6) is 11.5 Å².